The standard InChI is InChI=1S/C27H40O2/c1-8-26(4,5)22-14-17-25(24(20-22)27(6,7)9-2)29-19-11-10-18-28-23-15-12-21(3)13-16-23/h12-17,20H,8-11,18-19H2,1-7H3. The summed E-state index contributed by atoms with van der Waals surface area (Å²) in [4.78, 5) is 0. The second-order valence-corrected chi connectivity index (χ2v) is 9.40. The molecule has 29 heavy (non-hydrogen) atoms. The van der Waals surface area contributed by atoms with Crippen LogP contribution in [0.4, 0.5) is 0 Å². The number of hydrogen-bond donors (Lipinski definition) is 0. The van der Waals surface area contributed by atoms with Crippen LogP contribution in [0, 0.1) is 6.92 Å². The van der Waals surface area contributed by atoms with E-state index in [9.17, 15) is 0 Å². The summed E-state index contributed by atoms with van der Waals surface area (Å²) >= 11 is 0. The highest BCUT2D eigenvalue weighted by Crippen LogP contribution is 2.38. The van der Waals surface area contributed by atoms with Crippen molar-refractivity contribution < 1.29 is 9.47 Å². The Morgan fingerprint density at radius 2 is 1.31 bits per heavy atom. The van der Waals surface area contributed by atoms with Crippen LogP contribution in [0.15, 0.2) is 42.5 Å². The van der Waals surface area contributed by atoms with Crippen molar-refractivity contribution in [1.82, 2.24) is 0 Å². The first-order chi connectivity index (χ1) is 13.7. The van der Waals surface area contributed by atoms with Crippen molar-refractivity contribution in [3.63, 3.8) is 0 Å². The summed E-state index contributed by atoms with van der Waals surface area (Å²) in [5, 5.41) is 0. The maximum absolute atomic E-state index is 6.24. The summed E-state index contributed by atoms with van der Waals surface area (Å²) in [5.74, 6) is 1.98. The Balaban J connectivity index is 1.94. The maximum Gasteiger partial charge on any atom is 0.123 e. The lowest BCUT2D eigenvalue weighted by molar-refractivity contribution is 0.262. The van der Waals surface area contributed by atoms with Gasteiger partial charge in [-0.05, 0) is 67.2 Å². The van der Waals surface area contributed by atoms with Crippen molar-refractivity contribution in [3.05, 3.63) is 59.2 Å². The molecule has 0 aliphatic heterocycles. The Hall–Kier alpha value is -1.96. The van der Waals surface area contributed by atoms with Crippen molar-refractivity contribution in [1.29, 1.82) is 0 Å². The van der Waals surface area contributed by atoms with E-state index in [1.807, 2.05) is 12.1 Å². The molecule has 0 atom stereocenters. The van der Waals surface area contributed by atoms with E-state index in [1.165, 1.54) is 16.7 Å². The molecule has 160 valence electrons. The summed E-state index contributed by atoms with van der Waals surface area (Å²) < 4.78 is 12.1. The van der Waals surface area contributed by atoms with Crippen LogP contribution in [0.5, 0.6) is 11.5 Å². The van der Waals surface area contributed by atoms with Gasteiger partial charge in [-0.1, -0.05) is 71.4 Å². The average molecular weight is 397 g/mol. The quantitative estimate of drug-likeness (QED) is 0.364. The molecule has 0 aliphatic rings. The Bertz CT molecular complexity index is 757. The van der Waals surface area contributed by atoms with Crippen molar-refractivity contribution in [2.45, 2.75) is 85.0 Å². The topological polar surface area (TPSA) is 18.5 Å². The molecule has 0 N–H and O–H groups in total. The van der Waals surface area contributed by atoms with Crippen LogP contribution in [0.1, 0.15) is 83.9 Å². The molecule has 0 saturated carbocycles. The number of rotatable bonds is 11. The minimum atomic E-state index is 0.101. The van der Waals surface area contributed by atoms with Gasteiger partial charge >= 0.3 is 0 Å². The van der Waals surface area contributed by atoms with Crippen LogP contribution in [-0.4, -0.2) is 13.2 Å². The third-order valence-corrected chi connectivity index (χ3v) is 6.34. The molecule has 0 amide bonds. The van der Waals surface area contributed by atoms with Crippen molar-refractivity contribution >= 4 is 0 Å². The molecule has 2 heteroatoms. The van der Waals surface area contributed by atoms with Crippen molar-refractivity contribution in [2.24, 2.45) is 0 Å². The predicted molar refractivity (Wildman–Crippen MR) is 124 cm³/mol. The zero-order valence-corrected chi connectivity index (χ0v) is 19.6. The SMILES string of the molecule is CCC(C)(C)c1ccc(OCCCCOc2ccc(C)cc2)c(C(C)(C)CC)c1. The van der Waals surface area contributed by atoms with E-state index in [4.69, 9.17) is 9.47 Å². The first-order valence-electron chi connectivity index (χ1n) is 11.2. The molecule has 0 saturated heterocycles. The summed E-state index contributed by atoms with van der Waals surface area (Å²) in [6.45, 7) is 17.3. The summed E-state index contributed by atoms with van der Waals surface area (Å²) in [7, 11) is 0. The number of aryl methyl sites for hydroxylation is 1. The van der Waals surface area contributed by atoms with Crippen LogP contribution in [-0.2, 0) is 10.8 Å². The van der Waals surface area contributed by atoms with E-state index in [-0.39, 0.29) is 10.8 Å². The van der Waals surface area contributed by atoms with Crippen molar-refractivity contribution in [2.75, 3.05) is 13.2 Å². The van der Waals surface area contributed by atoms with E-state index in [0.29, 0.717) is 0 Å². The van der Waals surface area contributed by atoms with Gasteiger partial charge in [0.2, 0.25) is 0 Å². The van der Waals surface area contributed by atoms with E-state index in [0.717, 1.165) is 50.4 Å². The van der Waals surface area contributed by atoms with Gasteiger partial charge in [-0.15, -0.1) is 0 Å². The first-order valence-corrected chi connectivity index (χ1v) is 11.2. The molecule has 0 aliphatic carbocycles. The molecule has 0 aromatic heterocycles. The molecule has 0 bridgehead atoms. The molecule has 0 spiro atoms. The van der Waals surface area contributed by atoms with Gasteiger partial charge in [-0.25, -0.2) is 0 Å². The number of ether oxygens (including phenoxy) is 2. The third kappa shape index (κ3) is 6.52. The van der Waals surface area contributed by atoms with Crippen LogP contribution in [0.3, 0.4) is 0 Å². The Labute approximate surface area is 178 Å². The normalized spacial score (nSPS) is 12.1. The first kappa shape index (κ1) is 23.3. The van der Waals surface area contributed by atoms with Gasteiger partial charge in [0.15, 0.2) is 0 Å². The lowest BCUT2D eigenvalue weighted by atomic mass is 9.76. The van der Waals surface area contributed by atoms with Crippen LogP contribution in [0.2, 0.25) is 0 Å². The monoisotopic (exact) mass is 396 g/mol. The van der Waals surface area contributed by atoms with Crippen LogP contribution in [0.25, 0.3) is 0 Å². The van der Waals surface area contributed by atoms with E-state index in [1.54, 1.807) is 0 Å². The smallest absolute Gasteiger partial charge is 0.123 e. The highest BCUT2D eigenvalue weighted by molar-refractivity contribution is 5.44. The predicted octanol–water partition coefficient (Wildman–Crippen LogP) is 7.61. The Morgan fingerprint density at radius 1 is 0.724 bits per heavy atom. The maximum atomic E-state index is 6.24. The van der Waals surface area contributed by atoms with Crippen LogP contribution < -0.4 is 9.47 Å². The molecule has 2 aromatic carbocycles. The Kier molecular flexibility index (Phi) is 8.19. The van der Waals surface area contributed by atoms with E-state index in [2.05, 4.69) is 78.8 Å². The lowest BCUT2D eigenvalue weighted by Gasteiger charge is -2.30. The van der Waals surface area contributed by atoms with Gasteiger partial charge in [0.1, 0.15) is 11.5 Å². The highest BCUT2D eigenvalue weighted by Gasteiger charge is 2.26. The van der Waals surface area contributed by atoms with Gasteiger partial charge in [0.25, 0.3) is 0 Å². The summed E-state index contributed by atoms with van der Waals surface area (Å²) in [6, 6.07) is 15.0. The average Bonchev–Trinajstić information content (AvgIpc) is 2.71. The number of benzene rings is 2. The fourth-order valence-electron chi connectivity index (χ4n) is 3.21. The lowest BCUT2D eigenvalue weighted by Crippen LogP contribution is -2.21. The molecule has 2 nitrogen and oxygen atoms in total. The molecule has 0 radical (unpaired) electrons. The largest absolute Gasteiger partial charge is 0.494 e. The fourth-order valence-corrected chi connectivity index (χ4v) is 3.21. The minimum Gasteiger partial charge on any atom is -0.494 e. The second kappa shape index (κ2) is 10.2. The number of hydrogen-bond acceptors (Lipinski definition) is 2. The zero-order valence-electron chi connectivity index (χ0n) is 19.6. The molecule has 0 fully saturated rings. The fraction of sp³-hybridized carbons (Fsp3) is 0.556. The zero-order chi connectivity index (χ0) is 21.5. The second-order valence-electron chi connectivity index (χ2n) is 9.40. The van der Waals surface area contributed by atoms with E-state index >= 15 is 0 Å². The molecule has 0 heterocycles. The Morgan fingerprint density at radius 3 is 1.90 bits per heavy atom. The summed E-state index contributed by atoms with van der Waals surface area (Å²) in [6.07, 6.45) is 4.19. The molecule has 0 unspecified atom stereocenters. The minimum absolute atomic E-state index is 0.101. The highest BCUT2D eigenvalue weighted by atomic mass is 16.5. The molecule has 2 aromatic rings. The molecular formula is C27H40O2. The van der Waals surface area contributed by atoms with E-state index < -0.39 is 0 Å². The van der Waals surface area contributed by atoms with Gasteiger partial charge < -0.3 is 9.47 Å². The van der Waals surface area contributed by atoms with Gasteiger partial charge in [-0.2, -0.15) is 0 Å². The van der Waals surface area contributed by atoms with Gasteiger partial charge in [0.05, 0.1) is 13.2 Å². The molecule has 2 rings (SSSR count). The van der Waals surface area contributed by atoms with Gasteiger partial charge in [-0.3, -0.25) is 0 Å². The van der Waals surface area contributed by atoms with Crippen LogP contribution >= 0.6 is 0 Å². The number of unbranched alkanes of at least 4 members (excludes halogenated alkanes) is 1. The third-order valence-electron chi connectivity index (χ3n) is 6.34. The van der Waals surface area contributed by atoms with Gasteiger partial charge in [0, 0.05) is 5.56 Å². The summed E-state index contributed by atoms with van der Waals surface area (Å²) in [5.41, 5.74) is 4.27. The van der Waals surface area contributed by atoms with Crippen molar-refractivity contribution in [3.8, 4) is 11.5 Å². The molecular weight excluding hydrogens is 356 g/mol.